The van der Waals surface area contributed by atoms with Crippen LogP contribution in [0.2, 0.25) is 0 Å². The fourth-order valence-corrected chi connectivity index (χ4v) is 2.03. The molecule has 1 fully saturated rings. The molecule has 0 radical (unpaired) electrons. The molecule has 2 rings (SSSR count). The topological polar surface area (TPSA) is 60.2 Å². The molecule has 0 aromatic carbocycles. The van der Waals surface area contributed by atoms with E-state index in [2.05, 4.69) is 22.4 Å². The van der Waals surface area contributed by atoms with Crippen molar-refractivity contribution in [2.45, 2.75) is 25.7 Å². The van der Waals surface area contributed by atoms with E-state index in [1.807, 2.05) is 0 Å². The Morgan fingerprint density at radius 3 is 3.06 bits per heavy atom. The average molecular weight is 225 g/mol. The van der Waals surface area contributed by atoms with Crippen LogP contribution in [0.4, 0.5) is 0 Å². The van der Waals surface area contributed by atoms with Gasteiger partial charge in [0, 0.05) is 26.7 Å². The van der Waals surface area contributed by atoms with Gasteiger partial charge in [-0.15, -0.1) is 0 Å². The summed E-state index contributed by atoms with van der Waals surface area (Å²) in [6.45, 7) is 4.93. The number of hydrogen-bond donors (Lipinski definition) is 1. The van der Waals surface area contributed by atoms with Crippen molar-refractivity contribution >= 4 is 0 Å². The van der Waals surface area contributed by atoms with Gasteiger partial charge in [-0.2, -0.15) is 4.98 Å². The molecule has 1 aliphatic heterocycles. The number of aromatic nitrogens is 2. The fraction of sp³-hybridized carbons (Fsp3) is 0.818. The van der Waals surface area contributed by atoms with E-state index in [0.29, 0.717) is 11.8 Å². The third-order valence-corrected chi connectivity index (χ3v) is 3.07. The lowest BCUT2D eigenvalue weighted by molar-refractivity contribution is 0.194. The van der Waals surface area contributed by atoms with Crippen LogP contribution in [0.25, 0.3) is 0 Å². The van der Waals surface area contributed by atoms with Crippen molar-refractivity contribution in [1.29, 1.82) is 0 Å². The van der Waals surface area contributed by atoms with Crippen molar-refractivity contribution in [2.24, 2.45) is 5.92 Å². The highest BCUT2D eigenvalue weighted by atomic mass is 16.5. The minimum atomic E-state index is 0.378. The van der Waals surface area contributed by atoms with Crippen LogP contribution in [0.3, 0.4) is 0 Å². The molecule has 90 valence electrons. The molecular formula is C11H19N3O2. The Labute approximate surface area is 95.6 Å². The average Bonchev–Trinajstić information content (AvgIpc) is 2.87. The van der Waals surface area contributed by atoms with Crippen LogP contribution in [0.5, 0.6) is 0 Å². The zero-order valence-corrected chi connectivity index (χ0v) is 9.90. The lowest BCUT2D eigenvalue weighted by atomic mass is 9.98. The van der Waals surface area contributed by atoms with E-state index in [-0.39, 0.29) is 0 Å². The van der Waals surface area contributed by atoms with Crippen LogP contribution in [0.1, 0.15) is 31.0 Å². The zero-order valence-electron chi connectivity index (χ0n) is 9.90. The van der Waals surface area contributed by atoms with Gasteiger partial charge in [0.25, 0.3) is 0 Å². The summed E-state index contributed by atoms with van der Waals surface area (Å²) in [5, 5.41) is 7.33. The number of methoxy groups -OCH3 is 1. The minimum Gasteiger partial charge on any atom is -0.385 e. The molecule has 2 heterocycles. The van der Waals surface area contributed by atoms with Crippen molar-refractivity contribution in [1.82, 2.24) is 15.5 Å². The Hall–Kier alpha value is -0.940. The second-order valence-corrected chi connectivity index (χ2v) is 4.39. The Bertz CT molecular complexity index is 327. The third-order valence-electron chi connectivity index (χ3n) is 3.07. The predicted octanol–water partition coefficient (Wildman–Crippen LogP) is 0.971. The van der Waals surface area contributed by atoms with Gasteiger partial charge in [-0.3, -0.25) is 0 Å². The van der Waals surface area contributed by atoms with Crippen LogP contribution in [0.15, 0.2) is 4.52 Å². The zero-order chi connectivity index (χ0) is 11.4. The Balaban J connectivity index is 1.91. The molecule has 1 aliphatic rings. The van der Waals surface area contributed by atoms with E-state index >= 15 is 0 Å². The first kappa shape index (κ1) is 11.5. The number of rotatable bonds is 5. The molecule has 0 unspecified atom stereocenters. The predicted molar refractivity (Wildman–Crippen MR) is 59.3 cm³/mol. The van der Waals surface area contributed by atoms with Crippen molar-refractivity contribution in [3.63, 3.8) is 0 Å². The molecule has 5 heteroatoms. The molecule has 1 aromatic rings. The van der Waals surface area contributed by atoms with E-state index in [1.165, 1.54) is 0 Å². The maximum absolute atomic E-state index is 5.31. The molecule has 1 aromatic heterocycles. The number of hydrogen-bond acceptors (Lipinski definition) is 5. The maximum atomic E-state index is 5.31. The summed E-state index contributed by atoms with van der Waals surface area (Å²) >= 11 is 0. The van der Waals surface area contributed by atoms with Gasteiger partial charge >= 0.3 is 0 Å². The van der Waals surface area contributed by atoms with Gasteiger partial charge < -0.3 is 14.6 Å². The number of ether oxygens (including phenoxy) is 1. The highest BCUT2D eigenvalue weighted by Crippen LogP contribution is 2.26. The van der Waals surface area contributed by atoms with E-state index in [0.717, 1.165) is 44.3 Å². The summed E-state index contributed by atoms with van der Waals surface area (Å²) < 4.78 is 10.3. The van der Waals surface area contributed by atoms with Crippen molar-refractivity contribution in [3.8, 4) is 0 Å². The summed E-state index contributed by atoms with van der Waals surface area (Å²) in [4.78, 5) is 4.44. The molecule has 16 heavy (non-hydrogen) atoms. The maximum Gasteiger partial charge on any atom is 0.231 e. The third kappa shape index (κ3) is 2.59. The SMILES string of the molecule is COCCCc1noc([C@@H]2CNC[C@H]2C)n1. The molecule has 0 saturated carbocycles. The standard InChI is InChI=1S/C11H19N3O2/c1-8-6-12-7-9(8)11-13-10(14-16-11)4-3-5-15-2/h8-9,12H,3-7H2,1-2H3/t8-,9-/m1/s1. The van der Waals surface area contributed by atoms with Gasteiger partial charge in [-0.25, -0.2) is 0 Å². The van der Waals surface area contributed by atoms with Gasteiger partial charge in [0.1, 0.15) is 0 Å². The number of nitrogens with one attached hydrogen (secondary N) is 1. The van der Waals surface area contributed by atoms with Gasteiger partial charge in [-0.1, -0.05) is 12.1 Å². The minimum absolute atomic E-state index is 0.378. The van der Waals surface area contributed by atoms with Crippen LogP contribution in [0, 0.1) is 5.92 Å². The van der Waals surface area contributed by atoms with Crippen LogP contribution >= 0.6 is 0 Å². The Kier molecular flexibility index (Phi) is 3.90. The van der Waals surface area contributed by atoms with E-state index < -0.39 is 0 Å². The van der Waals surface area contributed by atoms with E-state index in [9.17, 15) is 0 Å². The van der Waals surface area contributed by atoms with Crippen LogP contribution in [-0.4, -0.2) is 36.9 Å². The fourth-order valence-electron chi connectivity index (χ4n) is 2.03. The molecule has 1 saturated heterocycles. The molecule has 0 aliphatic carbocycles. The first-order valence-electron chi connectivity index (χ1n) is 5.83. The highest BCUT2D eigenvalue weighted by molar-refractivity contribution is 5.00. The lowest BCUT2D eigenvalue weighted by Crippen LogP contribution is -2.08. The summed E-state index contributed by atoms with van der Waals surface area (Å²) in [5.41, 5.74) is 0. The van der Waals surface area contributed by atoms with Gasteiger partial charge in [0.15, 0.2) is 5.82 Å². The number of nitrogens with zero attached hydrogens (tertiary/aromatic N) is 2. The smallest absolute Gasteiger partial charge is 0.231 e. The number of aryl methyl sites for hydroxylation is 1. The molecule has 0 bridgehead atoms. The normalized spacial score (nSPS) is 25.1. The van der Waals surface area contributed by atoms with Crippen molar-refractivity contribution < 1.29 is 9.26 Å². The quantitative estimate of drug-likeness (QED) is 0.757. The van der Waals surface area contributed by atoms with E-state index in [4.69, 9.17) is 9.26 Å². The lowest BCUT2D eigenvalue weighted by Gasteiger charge is -2.07. The Morgan fingerprint density at radius 2 is 2.38 bits per heavy atom. The first-order valence-corrected chi connectivity index (χ1v) is 5.83. The molecular weight excluding hydrogens is 206 g/mol. The van der Waals surface area contributed by atoms with Crippen molar-refractivity contribution in [3.05, 3.63) is 11.7 Å². The second-order valence-electron chi connectivity index (χ2n) is 4.39. The highest BCUT2D eigenvalue weighted by Gasteiger charge is 2.29. The molecule has 2 atom stereocenters. The largest absolute Gasteiger partial charge is 0.385 e. The van der Waals surface area contributed by atoms with Gasteiger partial charge in [-0.05, 0) is 18.9 Å². The second kappa shape index (κ2) is 5.41. The monoisotopic (exact) mass is 225 g/mol. The summed E-state index contributed by atoms with van der Waals surface area (Å²) in [5.74, 6) is 2.53. The van der Waals surface area contributed by atoms with Crippen LogP contribution in [-0.2, 0) is 11.2 Å². The van der Waals surface area contributed by atoms with Crippen molar-refractivity contribution in [2.75, 3.05) is 26.8 Å². The summed E-state index contributed by atoms with van der Waals surface area (Å²) in [6, 6.07) is 0. The van der Waals surface area contributed by atoms with E-state index in [1.54, 1.807) is 7.11 Å². The van der Waals surface area contributed by atoms with Gasteiger partial charge in [0.2, 0.25) is 5.89 Å². The van der Waals surface area contributed by atoms with Crippen LogP contribution < -0.4 is 5.32 Å². The molecule has 5 nitrogen and oxygen atoms in total. The van der Waals surface area contributed by atoms with Gasteiger partial charge in [0.05, 0.1) is 5.92 Å². The summed E-state index contributed by atoms with van der Waals surface area (Å²) in [6.07, 6.45) is 1.76. The molecule has 0 spiro atoms. The molecule has 1 N–H and O–H groups in total. The molecule has 0 amide bonds. The Morgan fingerprint density at radius 1 is 1.50 bits per heavy atom. The summed E-state index contributed by atoms with van der Waals surface area (Å²) in [7, 11) is 1.70. The first-order chi connectivity index (χ1) is 7.81.